The van der Waals surface area contributed by atoms with E-state index in [2.05, 4.69) is 6.07 Å². The van der Waals surface area contributed by atoms with Crippen molar-refractivity contribution in [1.82, 2.24) is 0 Å². The molecular weight excluding hydrogens is 231 g/mol. The molecule has 0 N–H and O–H groups in total. The summed E-state index contributed by atoms with van der Waals surface area (Å²) >= 11 is 11.6. The molecule has 0 amide bonds. The molecule has 3 heteroatoms. The van der Waals surface area contributed by atoms with Gasteiger partial charge in [0.05, 0.1) is 10.0 Å². The van der Waals surface area contributed by atoms with Gasteiger partial charge in [0.15, 0.2) is 0 Å². The van der Waals surface area contributed by atoms with Crippen molar-refractivity contribution in [1.29, 1.82) is 0 Å². The van der Waals surface area contributed by atoms with Crippen molar-refractivity contribution in [3.05, 3.63) is 58.6 Å². The zero-order chi connectivity index (χ0) is 10.7. The van der Waals surface area contributed by atoms with Gasteiger partial charge in [0, 0.05) is 18.2 Å². The van der Waals surface area contributed by atoms with Gasteiger partial charge in [0.25, 0.3) is 0 Å². The lowest BCUT2D eigenvalue weighted by molar-refractivity contribution is 0.483. The SMILES string of the molecule is Clc1[c]c(Cl)cc(Oc2ccccc2)c1. The average Bonchev–Trinajstić information content (AvgIpc) is 2.17. The summed E-state index contributed by atoms with van der Waals surface area (Å²) in [5.41, 5.74) is 0. The van der Waals surface area contributed by atoms with Gasteiger partial charge in [-0.05, 0) is 12.1 Å². The second-order valence-electron chi connectivity index (χ2n) is 2.93. The molecule has 0 aromatic heterocycles. The molecule has 0 aliphatic carbocycles. The molecule has 0 atom stereocenters. The molecule has 75 valence electrons. The first kappa shape index (κ1) is 10.3. The maximum absolute atomic E-state index is 5.80. The van der Waals surface area contributed by atoms with Gasteiger partial charge in [-0.1, -0.05) is 41.4 Å². The Morgan fingerprint density at radius 3 is 2.07 bits per heavy atom. The number of halogens is 2. The van der Waals surface area contributed by atoms with E-state index in [0.29, 0.717) is 15.8 Å². The molecule has 0 unspecified atom stereocenters. The molecule has 15 heavy (non-hydrogen) atoms. The number of rotatable bonds is 2. The second kappa shape index (κ2) is 4.56. The predicted octanol–water partition coefficient (Wildman–Crippen LogP) is 4.59. The van der Waals surface area contributed by atoms with Crippen molar-refractivity contribution >= 4 is 23.2 Å². The van der Waals surface area contributed by atoms with Crippen LogP contribution >= 0.6 is 23.2 Å². The molecule has 0 saturated heterocycles. The van der Waals surface area contributed by atoms with Crippen LogP contribution in [-0.4, -0.2) is 0 Å². The topological polar surface area (TPSA) is 9.23 Å². The fourth-order valence-electron chi connectivity index (χ4n) is 1.16. The van der Waals surface area contributed by atoms with E-state index in [0.717, 1.165) is 5.75 Å². The maximum Gasteiger partial charge on any atom is 0.130 e. The normalized spacial score (nSPS) is 10.0. The van der Waals surface area contributed by atoms with Crippen LogP contribution in [0.3, 0.4) is 0 Å². The molecule has 0 aliphatic heterocycles. The quantitative estimate of drug-likeness (QED) is 0.743. The summed E-state index contributed by atoms with van der Waals surface area (Å²) in [6.07, 6.45) is 0. The lowest BCUT2D eigenvalue weighted by Crippen LogP contribution is -1.83. The summed E-state index contributed by atoms with van der Waals surface area (Å²) < 4.78 is 5.55. The maximum atomic E-state index is 5.80. The van der Waals surface area contributed by atoms with Crippen LogP contribution in [0.2, 0.25) is 10.0 Å². The predicted molar refractivity (Wildman–Crippen MR) is 61.8 cm³/mol. The van der Waals surface area contributed by atoms with Crippen molar-refractivity contribution in [2.75, 3.05) is 0 Å². The molecule has 0 aliphatic rings. The lowest BCUT2D eigenvalue weighted by Gasteiger charge is -2.05. The molecule has 1 nitrogen and oxygen atoms in total. The Labute approximate surface area is 98.2 Å². The molecule has 0 spiro atoms. The highest BCUT2D eigenvalue weighted by atomic mass is 35.5. The van der Waals surface area contributed by atoms with E-state index in [9.17, 15) is 0 Å². The third-order valence-corrected chi connectivity index (χ3v) is 2.16. The van der Waals surface area contributed by atoms with Gasteiger partial charge in [-0.2, -0.15) is 0 Å². The fraction of sp³-hybridized carbons (Fsp3) is 0. The van der Waals surface area contributed by atoms with Crippen LogP contribution in [0.15, 0.2) is 42.5 Å². The van der Waals surface area contributed by atoms with E-state index in [1.165, 1.54) is 0 Å². The minimum absolute atomic E-state index is 0.438. The molecule has 2 aromatic rings. The van der Waals surface area contributed by atoms with E-state index >= 15 is 0 Å². The summed E-state index contributed by atoms with van der Waals surface area (Å²) in [7, 11) is 0. The summed E-state index contributed by atoms with van der Waals surface area (Å²) in [5, 5.41) is 0.877. The Balaban J connectivity index is 2.25. The molecule has 0 heterocycles. The number of benzene rings is 2. The molecule has 0 bridgehead atoms. The highest BCUT2D eigenvalue weighted by Crippen LogP contribution is 2.27. The molecule has 1 radical (unpaired) electrons. The Kier molecular flexibility index (Phi) is 3.14. The van der Waals surface area contributed by atoms with Crippen LogP contribution in [0, 0.1) is 6.07 Å². The Morgan fingerprint density at radius 1 is 0.867 bits per heavy atom. The smallest absolute Gasteiger partial charge is 0.130 e. The standard InChI is InChI=1S/C12H7Cl2O/c13-9-6-10(14)8-12(7-9)15-11-4-2-1-3-5-11/h1-5,7-8H. The Bertz CT molecular complexity index is 434. The van der Waals surface area contributed by atoms with Crippen molar-refractivity contribution in [3.63, 3.8) is 0 Å². The van der Waals surface area contributed by atoms with Gasteiger partial charge >= 0.3 is 0 Å². The minimum Gasteiger partial charge on any atom is -0.457 e. The third-order valence-electron chi connectivity index (χ3n) is 1.76. The van der Waals surface area contributed by atoms with Crippen molar-refractivity contribution in [3.8, 4) is 11.5 Å². The minimum atomic E-state index is 0.438. The van der Waals surface area contributed by atoms with Crippen LogP contribution in [-0.2, 0) is 0 Å². The summed E-state index contributed by atoms with van der Waals surface area (Å²) in [4.78, 5) is 0. The van der Waals surface area contributed by atoms with Crippen LogP contribution in [0.5, 0.6) is 11.5 Å². The molecular formula is C12H7Cl2O. The van der Waals surface area contributed by atoms with Gasteiger partial charge in [0.2, 0.25) is 0 Å². The molecule has 0 saturated carbocycles. The zero-order valence-corrected chi connectivity index (χ0v) is 9.22. The van der Waals surface area contributed by atoms with E-state index in [-0.39, 0.29) is 0 Å². The number of hydrogen-bond donors (Lipinski definition) is 0. The number of hydrogen-bond acceptors (Lipinski definition) is 1. The monoisotopic (exact) mass is 237 g/mol. The Morgan fingerprint density at radius 2 is 1.47 bits per heavy atom. The van der Waals surface area contributed by atoms with Gasteiger partial charge in [-0.3, -0.25) is 0 Å². The van der Waals surface area contributed by atoms with Crippen molar-refractivity contribution in [2.24, 2.45) is 0 Å². The highest BCUT2D eigenvalue weighted by molar-refractivity contribution is 6.34. The first-order chi connectivity index (χ1) is 7.24. The molecule has 2 aromatic carbocycles. The third kappa shape index (κ3) is 2.88. The van der Waals surface area contributed by atoms with Crippen LogP contribution < -0.4 is 4.74 Å². The van der Waals surface area contributed by atoms with Crippen LogP contribution in [0.1, 0.15) is 0 Å². The average molecular weight is 238 g/mol. The first-order valence-corrected chi connectivity index (χ1v) is 5.11. The summed E-state index contributed by atoms with van der Waals surface area (Å²) in [6, 6.07) is 15.5. The summed E-state index contributed by atoms with van der Waals surface area (Å²) in [6.45, 7) is 0. The number of para-hydroxylation sites is 1. The largest absolute Gasteiger partial charge is 0.457 e. The molecule has 2 rings (SSSR count). The van der Waals surface area contributed by atoms with Crippen molar-refractivity contribution < 1.29 is 4.74 Å². The van der Waals surface area contributed by atoms with Gasteiger partial charge in [-0.15, -0.1) is 0 Å². The molecule has 0 fully saturated rings. The Hall–Kier alpha value is -1.18. The van der Waals surface area contributed by atoms with Crippen LogP contribution in [0.4, 0.5) is 0 Å². The van der Waals surface area contributed by atoms with E-state index in [4.69, 9.17) is 27.9 Å². The van der Waals surface area contributed by atoms with Gasteiger partial charge in [-0.25, -0.2) is 0 Å². The lowest BCUT2D eigenvalue weighted by atomic mass is 10.3. The van der Waals surface area contributed by atoms with E-state index < -0.39 is 0 Å². The fourth-order valence-corrected chi connectivity index (χ4v) is 1.63. The number of ether oxygens (including phenoxy) is 1. The van der Waals surface area contributed by atoms with Gasteiger partial charge < -0.3 is 4.74 Å². The van der Waals surface area contributed by atoms with E-state index in [1.54, 1.807) is 12.1 Å². The van der Waals surface area contributed by atoms with Crippen molar-refractivity contribution in [2.45, 2.75) is 0 Å². The van der Waals surface area contributed by atoms with Gasteiger partial charge in [0.1, 0.15) is 11.5 Å². The highest BCUT2D eigenvalue weighted by Gasteiger charge is 2.00. The van der Waals surface area contributed by atoms with E-state index in [1.807, 2.05) is 30.3 Å². The summed E-state index contributed by atoms with van der Waals surface area (Å²) in [5.74, 6) is 1.35. The van der Waals surface area contributed by atoms with Crippen LogP contribution in [0.25, 0.3) is 0 Å². The zero-order valence-electron chi connectivity index (χ0n) is 7.71. The first-order valence-electron chi connectivity index (χ1n) is 4.35. The second-order valence-corrected chi connectivity index (χ2v) is 3.74.